The molecule has 0 unspecified atom stereocenters. The molecule has 2 aromatic heterocycles. The van der Waals surface area contributed by atoms with E-state index in [4.69, 9.17) is 18.9 Å². The number of thiazole rings is 1. The zero-order chi connectivity index (χ0) is 31.7. The second-order valence-corrected chi connectivity index (χ2v) is 13.3. The van der Waals surface area contributed by atoms with Crippen LogP contribution in [0.5, 0.6) is 5.75 Å². The predicted octanol–water partition coefficient (Wildman–Crippen LogP) is 7.51. The van der Waals surface area contributed by atoms with Crippen molar-refractivity contribution in [1.82, 2.24) is 4.57 Å². The number of benzene rings is 3. The zero-order valence-corrected chi connectivity index (χ0v) is 28.6. The van der Waals surface area contributed by atoms with Gasteiger partial charge in [0.2, 0.25) is 0 Å². The van der Waals surface area contributed by atoms with Gasteiger partial charge < -0.3 is 13.9 Å². The van der Waals surface area contributed by atoms with E-state index >= 15 is 0 Å². The Morgan fingerprint density at radius 3 is 2.51 bits per heavy atom. The number of aromatic nitrogens is 1. The number of carbonyl (C=O) groups excluding carboxylic acids is 1. The fourth-order valence-electron chi connectivity index (χ4n) is 5.15. The molecule has 5 aromatic rings. The summed E-state index contributed by atoms with van der Waals surface area (Å²) in [6.45, 7) is 5.85. The quantitative estimate of drug-likeness (QED) is 0.154. The summed E-state index contributed by atoms with van der Waals surface area (Å²) in [5.41, 5.74) is 2.82. The van der Waals surface area contributed by atoms with Crippen molar-refractivity contribution >= 4 is 60.9 Å². The number of hydrogen-bond donors (Lipinski definition) is 0. The molecule has 0 saturated carbocycles. The number of carbonyl (C=O) groups is 1. The molecule has 0 amide bonds. The van der Waals surface area contributed by atoms with E-state index in [1.807, 2.05) is 98.8 Å². The highest BCUT2D eigenvalue weighted by molar-refractivity contribution is 9.11. The van der Waals surface area contributed by atoms with Crippen molar-refractivity contribution in [2.45, 2.75) is 32.9 Å². The van der Waals surface area contributed by atoms with Gasteiger partial charge in [-0.1, -0.05) is 85.7 Å². The summed E-state index contributed by atoms with van der Waals surface area (Å²) >= 11 is 8.34. The van der Waals surface area contributed by atoms with Crippen molar-refractivity contribution < 1.29 is 18.7 Å². The van der Waals surface area contributed by atoms with Crippen LogP contribution >= 0.6 is 43.2 Å². The topological polar surface area (TPSA) is 83.0 Å². The maximum Gasteiger partial charge on any atom is 0.338 e. The molecule has 7 nitrogen and oxygen atoms in total. The molecule has 0 spiro atoms. The molecule has 228 valence electrons. The van der Waals surface area contributed by atoms with E-state index in [9.17, 15) is 9.59 Å². The van der Waals surface area contributed by atoms with Gasteiger partial charge in [0.25, 0.3) is 5.56 Å². The minimum absolute atomic E-state index is 0.000151. The molecule has 1 aliphatic heterocycles. The lowest BCUT2D eigenvalue weighted by atomic mass is 9.93. The third-order valence-corrected chi connectivity index (χ3v) is 9.20. The predicted molar refractivity (Wildman–Crippen MR) is 183 cm³/mol. The SMILES string of the molecule is CCOC(=O)C1=C(c2ccccc2)N=c2s/c(=C\c3ccc(-c4cc(Br)ccc4Br)o3)c(=O)n2[C@@H]1c1ccc(OC(C)C)cc1. The summed E-state index contributed by atoms with van der Waals surface area (Å²) in [4.78, 5) is 33.2. The molecule has 0 N–H and O–H groups in total. The first-order valence-electron chi connectivity index (χ1n) is 14.3. The third kappa shape index (κ3) is 6.40. The standard InChI is InChI=1S/C35H28Br2N2O5S/c1-4-42-34(41)30-31(21-8-6-5-7-9-21)38-35-39(32(30)22-10-13-24(14-11-22)43-20(2)3)33(40)29(45-35)19-25-15-17-28(44-25)26-18-23(36)12-16-27(26)37/h5-20,32H,4H2,1-3H3/b29-19-/t32-/m1/s1. The Hall–Kier alpha value is -3.99. The molecule has 1 aliphatic rings. The number of ether oxygens (including phenoxy) is 2. The van der Waals surface area contributed by atoms with Crippen LogP contribution in [0.25, 0.3) is 23.1 Å². The van der Waals surface area contributed by atoms with Gasteiger partial charge >= 0.3 is 5.97 Å². The number of nitrogens with zero attached hydrogens (tertiary/aromatic N) is 2. The van der Waals surface area contributed by atoms with Gasteiger partial charge in [0.15, 0.2) is 4.80 Å². The summed E-state index contributed by atoms with van der Waals surface area (Å²) in [5, 5.41) is 0. The Labute approximate surface area is 280 Å². The summed E-state index contributed by atoms with van der Waals surface area (Å²) in [6.07, 6.45) is 1.71. The van der Waals surface area contributed by atoms with Crippen LogP contribution in [0, 0.1) is 0 Å². The van der Waals surface area contributed by atoms with Crippen molar-refractivity contribution in [2.75, 3.05) is 6.61 Å². The number of fused-ring (bicyclic) bond motifs is 1. The monoisotopic (exact) mass is 746 g/mol. The van der Waals surface area contributed by atoms with Crippen molar-refractivity contribution in [2.24, 2.45) is 4.99 Å². The number of rotatable bonds is 8. The molecular formula is C35H28Br2N2O5S. The number of furan rings is 1. The van der Waals surface area contributed by atoms with Crippen molar-refractivity contribution in [3.05, 3.63) is 136 Å². The lowest BCUT2D eigenvalue weighted by molar-refractivity contribution is -0.138. The van der Waals surface area contributed by atoms with E-state index in [0.29, 0.717) is 37.9 Å². The number of hydrogen-bond acceptors (Lipinski definition) is 7. The summed E-state index contributed by atoms with van der Waals surface area (Å²) in [6, 6.07) is 25.7. The average Bonchev–Trinajstić information content (AvgIpc) is 3.62. The zero-order valence-electron chi connectivity index (χ0n) is 24.6. The molecule has 0 aliphatic carbocycles. The molecule has 6 rings (SSSR count). The molecule has 0 saturated heterocycles. The number of esters is 1. The van der Waals surface area contributed by atoms with E-state index in [0.717, 1.165) is 25.6 Å². The van der Waals surface area contributed by atoms with Crippen LogP contribution in [0.1, 0.15) is 43.7 Å². The van der Waals surface area contributed by atoms with Gasteiger partial charge in [-0.2, -0.15) is 0 Å². The Kier molecular flexibility index (Phi) is 9.07. The van der Waals surface area contributed by atoms with Gasteiger partial charge in [-0.3, -0.25) is 9.36 Å². The highest BCUT2D eigenvalue weighted by Gasteiger charge is 2.35. The van der Waals surface area contributed by atoms with Gasteiger partial charge in [0.05, 0.1) is 34.6 Å². The molecule has 10 heteroatoms. The molecule has 3 aromatic carbocycles. The van der Waals surface area contributed by atoms with Gasteiger partial charge in [0.1, 0.15) is 17.3 Å². The molecule has 0 radical (unpaired) electrons. The average molecular weight is 748 g/mol. The van der Waals surface area contributed by atoms with E-state index in [1.54, 1.807) is 17.6 Å². The van der Waals surface area contributed by atoms with Crippen LogP contribution in [0.4, 0.5) is 0 Å². The summed E-state index contributed by atoms with van der Waals surface area (Å²) in [5.74, 6) is 1.33. The first-order chi connectivity index (χ1) is 21.7. The van der Waals surface area contributed by atoms with Crippen LogP contribution in [0.2, 0.25) is 0 Å². The largest absolute Gasteiger partial charge is 0.491 e. The van der Waals surface area contributed by atoms with Gasteiger partial charge in [-0.15, -0.1) is 0 Å². The van der Waals surface area contributed by atoms with E-state index in [2.05, 4.69) is 31.9 Å². The highest BCUT2D eigenvalue weighted by atomic mass is 79.9. The van der Waals surface area contributed by atoms with Crippen LogP contribution in [0.15, 0.2) is 114 Å². The molecule has 0 bridgehead atoms. The number of halogens is 2. The van der Waals surface area contributed by atoms with Crippen molar-refractivity contribution in [3.8, 4) is 17.1 Å². The normalized spacial score (nSPS) is 14.8. The van der Waals surface area contributed by atoms with Crippen LogP contribution in [0.3, 0.4) is 0 Å². The second-order valence-electron chi connectivity index (χ2n) is 10.5. The van der Waals surface area contributed by atoms with Crippen LogP contribution in [-0.2, 0) is 9.53 Å². The van der Waals surface area contributed by atoms with Crippen molar-refractivity contribution in [1.29, 1.82) is 0 Å². The van der Waals surface area contributed by atoms with Gasteiger partial charge in [-0.25, -0.2) is 9.79 Å². The van der Waals surface area contributed by atoms with Crippen LogP contribution in [-0.4, -0.2) is 23.2 Å². The first kappa shape index (κ1) is 31.0. The molecule has 3 heterocycles. The third-order valence-electron chi connectivity index (χ3n) is 7.04. The van der Waals surface area contributed by atoms with E-state index < -0.39 is 12.0 Å². The lowest BCUT2D eigenvalue weighted by Crippen LogP contribution is -2.40. The highest BCUT2D eigenvalue weighted by Crippen LogP contribution is 2.36. The van der Waals surface area contributed by atoms with Gasteiger partial charge in [0, 0.05) is 26.1 Å². The molecule has 1 atom stereocenters. The lowest BCUT2D eigenvalue weighted by Gasteiger charge is -2.26. The Bertz CT molecular complexity index is 2090. The summed E-state index contributed by atoms with van der Waals surface area (Å²) in [7, 11) is 0. The summed E-state index contributed by atoms with van der Waals surface area (Å²) < 4.78 is 21.4. The molecular weight excluding hydrogens is 720 g/mol. The maximum atomic E-state index is 14.2. The Morgan fingerprint density at radius 2 is 1.80 bits per heavy atom. The fraction of sp³-hybridized carbons (Fsp3) is 0.171. The molecule has 0 fully saturated rings. The van der Waals surface area contributed by atoms with Crippen molar-refractivity contribution in [3.63, 3.8) is 0 Å². The fourth-order valence-corrected chi connectivity index (χ4v) is 6.93. The maximum absolute atomic E-state index is 14.2. The van der Waals surface area contributed by atoms with E-state index in [1.165, 1.54) is 11.3 Å². The van der Waals surface area contributed by atoms with Crippen LogP contribution < -0.4 is 19.6 Å². The van der Waals surface area contributed by atoms with Gasteiger partial charge in [-0.05, 0) is 68.8 Å². The second kappa shape index (κ2) is 13.2. The smallest absolute Gasteiger partial charge is 0.338 e. The molecule has 45 heavy (non-hydrogen) atoms. The minimum atomic E-state index is -0.782. The Balaban J connectivity index is 1.54. The Morgan fingerprint density at radius 1 is 1.04 bits per heavy atom. The minimum Gasteiger partial charge on any atom is -0.491 e. The van der Waals surface area contributed by atoms with E-state index in [-0.39, 0.29) is 18.3 Å². The first-order valence-corrected chi connectivity index (χ1v) is 16.7.